The van der Waals surface area contributed by atoms with E-state index in [0.717, 1.165) is 34.9 Å². The number of nitrogens with one attached hydrogen (secondary N) is 1. The van der Waals surface area contributed by atoms with Crippen LogP contribution in [0.5, 0.6) is 11.6 Å². The molecule has 0 atom stereocenters. The van der Waals surface area contributed by atoms with Crippen molar-refractivity contribution in [2.24, 2.45) is 5.41 Å². The Morgan fingerprint density at radius 3 is 2.66 bits per heavy atom. The molecule has 3 N–H and O–H groups in total. The number of pyridine rings is 1. The van der Waals surface area contributed by atoms with Crippen LogP contribution in [0, 0.1) is 12.3 Å². The minimum Gasteiger partial charge on any atom is -0.437 e. The van der Waals surface area contributed by atoms with Gasteiger partial charge in [0.25, 0.3) is 0 Å². The van der Waals surface area contributed by atoms with Crippen molar-refractivity contribution in [3.05, 3.63) is 66.5 Å². The number of carbonyl (C=O) groups is 1. The zero-order valence-corrected chi connectivity index (χ0v) is 17.9. The molecule has 5 rings (SSSR count). The molecule has 1 amide bonds. The smallest absolute Gasteiger partial charge is 0.230 e. The number of ether oxygens (including phenoxy) is 1. The first kappa shape index (κ1) is 19.9. The summed E-state index contributed by atoms with van der Waals surface area (Å²) >= 11 is 0. The molecule has 0 aliphatic heterocycles. The summed E-state index contributed by atoms with van der Waals surface area (Å²) in [6.45, 7) is 3.98. The Morgan fingerprint density at radius 1 is 1.03 bits per heavy atom. The Kier molecular flexibility index (Phi) is 4.74. The number of aromatic nitrogens is 3. The van der Waals surface area contributed by atoms with Gasteiger partial charge in [-0.3, -0.25) is 4.79 Å². The summed E-state index contributed by atoms with van der Waals surface area (Å²) in [4.78, 5) is 25.3. The van der Waals surface area contributed by atoms with Crippen LogP contribution in [0.4, 0.5) is 11.6 Å². The number of aryl methyl sites for hydroxylation is 1. The van der Waals surface area contributed by atoms with E-state index in [1.54, 1.807) is 18.5 Å². The highest BCUT2D eigenvalue weighted by molar-refractivity contribution is 6.06. The summed E-state index contributed by atoms with van der Waals surface area (Å²) in [5.41, 5.74) is 8.58. The predicted molar refractivity (Wildman–Crippen MR) is 124 cm³/mol. The molecule has 1 saturated carbocycles. The lowest BCUT2D eigenvalue weighted by Crippen LogP contribution is -2.21. The van der Waals surface area contributed by atoms with Crippen molar-refractivity contribution in [1.29, 1.82) is 0 Å². The number of nitrogens with two attached hydrogens (primary N) is 1. The fraction of sp³-hybridized carbons (Fsp3) is 0.200. The van der Waals surface area contributed by atoms with E-state index in [2.05, 4.69) is 20.3 Å². The summed E-state index contributed by atoms with van der Waals surface area (Å²) in [5, 5.41) is 4.90. The number of amides is 1. The van der Waals surface area contributed by atoms with Crippen LogP contribution in [0.25, 0.3) is 22.0 Å². The summed E-state index contributed by atoms with van der Waals surface area (Å²) in [6.07, 6.45) is 5.12. The number of fused-ring (bicyclic) bond motifs is 1. The monoisotopic (exact) mass is 425 g/mol. The van der Waals surface area contributed by atoms with Gasteiger partial charge in [-0.2, -0.15) is 0 Å². The lowest BCUT2D eigenvalue weighted by molar-refractivity contribution is -0.120. The first-order valence-electron chi connectivity index (χ1n) is 10.5. The maximum atomic E-state index is 12.6. The van der Waals surface area contributed by atoms with Gasteiger partial charge in [0.2, 0.25) is 17.7 Å². The van der Waals surface area contributed by atoms with E-state index in [-0.39, 0.29) is 17.3 Å². The fourth-order valence-corrected chi connectivity index (χ4v) is 3.66. The molecule has 2 heterocycles. The maximum absolute atomic E-state index is 12.6. The van der Waals surface area contributed by atoms with Crippen molar-refractivity contribution in [1.82, 2.24) is 15.0 Å². The quantitative estimate of drug-likeness (QED) is 0.460. The van der Waals surface area contributed by atoms with E-state index in [4.69, 9.17) is 10.5 Å². The number of benzene rings is 2. The van der Waals surface area contributed by atoms with Crippen LogP contribution >= 0.6 is 0 Å². The molecule has 0 spiro atoms. The van der Waals surface area contributed by atoms with E-state index in [9.17, 15) is 4.79 Å². The Morgan fingerprint density at radius 2 is 1.88 bits per heavy atom. The highest BCUT2D eigenvalue weighted by Crippen LogP contribution is 2.46. The molecule has 1 aliphatic carbocycles. The first-order valence-corrected chi connectivity index (χ1v) is 10.5. The molecular formula is C25H23N5O2. The topological polar surface area (TPSA) is 103 Å². The minimum absolute atomic E-state index is 0.0569. The van der Waals surface area contributed by atoms with Crippen molar-refractivity contribution in [2.75, 3.05) is 11.1 Å². The molecule has 160 valence electrons. The molecule has 0 unspecified atom stereocenters. The second kappa shape index (κ2) is 7.60. The van der Waals surface area contributed by atoms with Crippen molar-refractivity contribution < 1.29 is 9.53 Å². The number of nitrogen functional groups attached to an aromatic ring is 1. The normalized spacial score (nSPS) is 14.2. The van der Waals surface area contributed by atoms with Crippen molar-refractivity contribution in [3.8, 4) is 22.9 Å². The molecule has 2 aromatic carbocycles. The predicted octanol–water partition coefficient (Wildman–Crippen LogP) is 5.11. The van der Waals surface area contributed by atoms with Gasteiger partial charge in [-0.15, -0.1) is 0 Å². The van der Waals surface area contributed by atoms with Gasteiger partial charge in [0.15, 0.2) is 0 Å². The van der Waals surface area contributed by atoms with E-state index >= 15 is 0 Å². The van der Waals surface area contributed by atoms with Crippen molar-refractivity contribution in [3.63, 3.8) is 0 Å². The van der Waals surface area contributed by atoms with Gasteiger partial charge < -0.3 is 15.8 Å². The van der Waals surface area contributed by atoms with Crippen LogP contribution in [-0.2, 0) is 4.79 Å². The third kappa shape index (κ3) is 3.62. The lowest BCUT2D eigenvalue weighted by atomic mass is 10.0. The summed E-state index contributed by atoms with van der Waals surface area (Å²) in [7, 11) is 0. The number of hydrogen-bond acceptors (Lipinski definition) is 6. The van der Waals surface area contributed by atoms with Gasteiger partial charge in [-0.25, -0.2) is 15.0 Å². The second-order valence-corrected chi connectivity index (χ2v) is 8.39. The molecule has 1 aliphatic rings. The Balaban J connectivity index is 1.57. The molecule has 7 heteroatoms. The summed E-state index contributed by atoms with van der Waals surface area (Å²) in [6, 6.07) is 15.3. The highest BCUT2D eigenvalue weighted by atomic mass is 16.5. The molecule has 0 radical (unpaired) electrons. The number of anilines is 2. The van der Waals surface area contributed by atoms with E-state index < -0.39 is 0 Å². The van der Waals surface area contributed by atoms with Crippen molar-refractivity contribution >= 4 is 28.3 Å². The molecular weight excluding hydrogens is 402 g/mol. The van der Waals surface area contributed by atoms with Gasteiger partial charge in [-0.05, 0) is 49.6 Å². The SMILES string of the molecule is Cc1ccc2c(NC(=O)C3(C)CC3)cccc2c1Oc1ncccc1-c1ccnc(N)n1. The van der Waals surface area contributed by atoms with Crippen LogP contribution in [0.1, 0.15) is 25.3 Å². The molecule has 1 fully saturated rings. The Hall–Kier alpha value is -4.00. The number of carbonyl (C=O) groups excluding carboxylic acids is 1. The Labute approximate surface area is 185 Å². The van der Waals surface area contributed by atoms with E-state index in [1.807, 2.05) is 56.3 Å². The van der Waals surface area contributed by atoms with Gasteiger partial charge in [0.1, 0.15) is 5.75 Å². The van der Waals surface area contributed by atoms with Crippen LogP contribution in [0.15, 0.2) is 60.9 Å². The van der Waals surface area contributed by atoms with Crippen molar-refractivity contribution in [2.45, 2.75) is 26.7 Å². The summed E-state index contributed by atoms with van der Waals surface area (Å²) < 4.78 is 6.36. The van der Waals surface area contributed by atoms with Gasteiger partial charge in [0.05, 0.1) is 11.3 Å². The van der Waals surface area contributed by atoms with Crippen LogP contribution in [-0.4, -0.2) is 20.9 Å². The van der Waals surface area contributed by atoms with Crippen LogP contribution in [0.3, 0.4) is 0 Å². The number of rotatable bonds is 5. The minimum atomic E-state index is -0.256. The third-order valence-corrected chi connectivity index (χ3v) is 5.93. The standard InChI is InChI=1S/C25H23N5O2/c1-15-8-9-16-17(5-3-7-19(16)29-23(31)25(2)11-12-25)21(15)32-22-18(6-4-13-27-22)20-10-14-28-24(26)30-20/h3-10,13-14H,11-12H2,1-2H3,(H,29,31)(H2,26,28,30). The average molecular weight is 425 g/mol. The highest BCUT2D eigenvalue weighted by Gasteiger charge is 2.44. The molecule has 0 saturated heterocycles. The van der Waals surface area contributed by atoms with Gasteiger partial charge in [0, 0.05) is 34.3 Å². The second-order valence-electron chi connectivity index (χ2n) is 8.39. The van der Waals surface area contributed by atoms with E-state index in [0.29, 0.717) is 22.9 Å². The molecule has 4 aromatic rings. The zero-order chi connectivity index (χ0) is 22.3. The number of hydrogen-bond donors (Lipinski definition) is 2. The fourth-order valence-electron chi connectivity index (χ4n) is 3.66. The maximum Gasteiger partial charge on any atom is 0.230 e. The zero-order valence-electron chi connectivity index (χ0n) is 17.9. The molecule has 32 heavy (non-hydrogen) atoms. The molecule has 7 nitrogen and oxygen atoms in total. The Bertz CT molecular complexity index is 1350. The van der Waals surface area contributed by atoms with E-state index in [1.165, 1.54) is 0 Å². The average Bonchev–Trinajstić information content (AvgIpc) is 3.55. The largest absolute Gasteiger partial charge is 0.437 e. The molecule has 2 aromatic heterocycles. The summed E-state index contributed by atoms with van der Waals surface area (Å²) in [5.74, 6) is 1.34. The molecule has 0 bridgehead atoms. The van der Waals surface area contributed by atoms with Gasteiger partial charge in [-0.1, -0.05) is 31.2 Å². The van der Waals surface area contributed by atoms with Gasteiger partial charge >= 0.3 is 0 Å². The lowest BCUT2D eigenvalue weighted by Gasteiger charge is -2.16. The first-order chi connectivity index (χ1) is 15.4. The van der Waals surface area contributed by atoms with Crippen LogP contribution < -0.4 is 15.8 Å². The number of nitrogens with zero attached hydrogens (tertiary/aromatic N) is 3. The third-order valence-electron chi connectivity index (χ3n) is 5.93. The van der Waals surface area contributed by atoms with Crippen LogP contribution in [0.2, 0.25) is 0 Å².